The number of ketones is 2. The fourth-order valence-electron chi connectivity index (χ4n) is 1.62. The van der Waals surface area contributed by atoms with Crippen LogP contribution in [-0.2, 0) is 4.89 Å². The van der Waals surface area contributed by atoms with Crippen LogP contribution >= 0.6 is 0 Å². The predicted molar refractivity (Wildman–Crippen MR) is 59.1 cm³/mol. The Bertz CT molecular complexity index is 582. The number of Topliss-reactive ketones (excluding diaryl/α,β-unsaturated/α-hetero) is 2. The molecule has 0 fully saturated rings. The number of carbonyl (C=O) groups excluding carboxylic acids is 2. The largest absolute Gasteiger partial charge is 0.464 e. The van der Waals surface area contributed by atoms with Crippen molar-refractivity contribution >= 4 is 22.5 Å². The first kappa shape index (κ1) is 11.5. The molecule has 88 valence electrons. The van der Waals surface area contributed by atoms with E-state index >= 15 is 0 Å². The Morgan fingerprint density at radius 2 is 2.18 bits per heavy atom. The number of carbonyl (C=O) groups is 2. The monoisotopic (exact) mass is 234 g/mol. The van der Waals surface area contributed by atoms with Crippen molar-refractivity contribution in [2.24, 2.45) is 0 Å². The Kier molecular flexibility index (Phi) is 3.03. The minimum atomic E-state index is -0.418. The van der Waals surface area contributed by atoms with Gasteiger partial charge in [0.15, 0.2) is 11.6 Å². The van der Waals surface area contributed by atoms with E-state index < -0.39 is 6.61 Å². The smallest absolute Gasteiger partial charge is 0.191 e. The molecule has 0 unspecified atom stereocenters. The van der Waals surface area contributed by atoms with Crippen molar-refractivity contribution in [2.45, 2.75) is 6.92 Å². The average Bonchev–Trinajstić information content (AvgIpc) is 2.71. The minimum absolute atomic E-state index is 0.133. The van der Waals surface area contributed by atoms with Crippen LogP contribution in [0.15, 0.2) is 28.9 Å². The number of fused-ring (bicyclic) bond motifs is 1. The predicted octanol–water partition coefficient (Wildman–Crippen LogP) is 2.31. The van der Waals surface area contributed by atoms with E-state index in [0.717, 1.165) is 0 Å². The van der Waals surface area contributed by atoms with Crippen molar-refractivity contribution < 1.29 is 24.2 Å². The standard InChI is InChI=1S/C12H10O5/c1-7(13)10-5-16-12-3-2-8(4-9(10)12)11(14)6-17-15/h2-5,15H,6H2,1H3. The highest BCUT2D eigenvalue weighted by Gasteiger charge is 2.13. The molecule has 0 spiro atoms. The summed E-state index contributed by atoms with van der Waals surface area (Å²) in [5.74, 6) is -0.503. The summed E-state index contributed by atoms with van der Waals surface area (Å²) in [5.41, 5.74) is 1.33. The summed E-state index contributed by atoms with van der Waals surface area (Å²) in [5, 5.41) is 8.81. The molecule has 0 aliphatic rings. The lowest BCUT2D eigenvalue weighted by Gasteiger charge is -1.99. The molecule has 0 bridgehead atoms. The normalized spacial score (nSPS) is 10.7. The quantitative estimate of drug-likeness (QED) is 0.499. The average molecular weight is 234 g/mol. The van der Waals surface area contributed by atoms with E-state index in [-0.39, 0.29) is 11.6 Å². The molecule has 1 N–H and O–H groups in total. The van der Waals surface area contributed by atoms with Crippen molar-refractivity contribution in [3.05, 3.63) is 35.6 Å². The second-order valence-corrected chi connectivity index (χ2v) is 3.61. The van der Waals surface area contributed by atoms with Crippen LogP contribution < -0.4 is 0 Å². The molecule has 0 saturated carbocycles. The van der Waals surface area contributed by atoms with E-state index in [1.165, 1.54) is 13.2 Å². The van der Waals surface area contributed by atoms with Crippen LogP contribution in [0.1, 0.15) is 27.6 Å². The van der Waals surface area contributed by atoms with Crippen molar-refractivity contribution in [2.75, 3.05) is 6.61 Å². The molecule has 2 rings (SSSR count). The van der Waals surface area contributed by atoms with Crippen molar-refractivity contribution in [1.82, 2.24) is 0 Å². The highest BCUT2D eigenvalue weighted by Crippen LogP contribution is 2.23. The number of hydrogen-bond donors (Lipinski definition) is 1. The Balaban J connectivity index is 2.51. The van der Waals surface area contributed by atoms with Crippen LogP contribution in [0, 0.1) is 0 Å². The highest BCUT2D eigenvalue weighted by atomic mass is 17.1. The van der Waals surface area contributed by atoms with Gasteiger partial charge in [0.1, 0.15) is 18.5 Å². The second-order valence-electron chi connectivity index (χ2n) is 3.61. The molecule has 2 aromatic rings. The molecular weight excluding hydrogens is 224 g/mol. The zero-order valence-electron chi connectivity index (χ0n) is 9.10. The molecule has 0 atom stereocenters. The first-order chi connectivity index (χ1) is 8.13. The van der Waals surface area contributed by atoms with Gasteiger partial charge in [0.25, 0.3) is 0 Å². The van der Waals surface area contributed by atoms with Gasteiger partial charge in [-0.3, -0.25) is 14.8 Å². The van der Waals surface area contributed by atoms with Gasteiger partial charge < -0.3 is 4.42 Å². The SMILES string of the molecule is CC(=O)c1coc2ccc(C(=O)COO)cc12. The lowest BCUT2D eigenvalue weighted by molar-refractivity contribution is -0.230. The van der Waals surface area contributed by atoms with Gasteiger partial charge in [-0.2, -0.15) is 0 Å². The van der Waals surface area contributed by atoms with Crippen molar-refractivity contribution in [1.29, 1.82) is 0 Å². The molecule has 0 amide bonds. The van der Waals surface area contributed by atoms with Crippen LogP contribution in [0.25, 0.3) is 11.0 Å². The van der Waals surface area contributed by atoms with E-state index in [0.29, 0.717) is 22.1 Å². The maximum Gasteiger partial charge on any atom is 0.191 e. The first-order valence-electron chi connectivity index (χ1n) is 4.95. The summed E-state index contributed by atoms with van der Waals surface area (Å²) in [4.78, 5) is 26.6. The molecule has 1 aromatic heterocycles. The minimum Gasteiger partial charge on any atom is -0.464 e. The summed E-state index contributed by atoms with van der Waals surface area (Å²) in [7, 11) is 0. The fourth-order valence-corrected chi connectivity index (χ4v) is 1.62. The van der Waals surface area contributed by atoms with Crippen LogP contribution in [0.4, 0.5) is 0 Å². The zero-order valence-corrected chi connectivity index (χ0v) is 9.10. The molecule has 1 aromatic carbocycles. The van der Waals surface area contributed by atoms with Crippen molar-refractivity contribution in [3.63, 3.8) is 0 Å². The van der Waals surface area contributed by atoms with Gasteiger partial charge in [0.05, 0.1) is 5.56 Å². The summed E-state index contributed by atoms with van der Waals surface area (Å²) >= 11 is 0. The fraction of sp³-hybridized carbons (Fsp3) is 0.167. The molecular formula is C12H10O5. The van der Waals surface area contributed by atoms with Crippen LogP contribution in [0.5, 0.6) is 0 Å². The first-order valence-corrected chi connectivity index (χ1v) is 4.95. The van der Waals surface area contributed by atoms with Gasteiger partial charge >= 0.3 is 0 Å². The molecule has 5 heteroatoms. The number of furan rings is 1. The third-order valence-electron chi connectivity index (χ3n) is 2.47. The third kappa shape index (κ3) is 2.11. The lowest BCUT2D eigenvalue weighted by Crippen LogP contribution is -2.06. The molecule has 0 saturated heterocycles. The highest BCUT2D eigenvalue weighted by molar-refractivity contribution is 6.08. The Hall–Kier alpha value is -1.98. The van der Waals surface area contributed by atoms with Gasteiger partial charge in [-0.1, -0.05) is 0 Å². The topological polar surface area (TPSA) is 76.7 Å². The van der Waals surface area contributed by atoms with Crippen molar-refractivity contribution in [3.8, 4) is 0 Å². The van der Waals surface area contributed by atoms with E-state index in [4.69, 9.17) is 9.67 Å². The van der Waals surface area contributed by atoms with E-state index in [1.807, 2.05) is 0 Å². The molecule has 5 nitrogen and oxygen atoms in total. The van der Waals surface area contributed by atoms with Crippen LogP contribution in [-0.4, -0.2) is 23.4 Å². The molecule has 0 aliphatic heterocycles. The van der Waals surface area contributed by atoms with Gasteiger partial charge in [0, 0.05) is 10.9 Å². The summed E-state index contributed by atoms with van der Waals surface area (Å²) in [6, 6.07) is 4.71. The summed E-state index contributed by atoms with van der Waals surface area (Å²) in [6.45, 7) is 1.01. The number of rotatable bonds is 4. The van der Waals surface area contributed by atoms with Crippen LogP contribution in [0.3, 0.4) is 0 Å². The van der Waals surface area contributed by atoms with Gasteiger partial charge in [-0.05, 0) is 25.1 Å². The zero-order chi connectivity index (χ0) is 12.4. The van der Waals surface area contributed by atoms with E-state index in [1.54, 1.807) is 18.2 Å². The van der Waals surface area contributed by atoms with E-state index in [9.17, 15) is 9.59 Å². The Labute approximate surface area is 96.5 Å². The third-order valence-corrected chi connectivity index (χ3v) is 2.47. The van der Waals surface area contributed by atoms with Gasteiger partial charge in [-0.15, -0.1) is 0 Å². The lowest BCUT2D eigenvalue weighted by atomic mass is 10.1. The summed E-state index contributed by atoms with van der Waals surface area (Å²) in [6.07, 6.45) is 1.36. The Morgan fingerprint density at radius 1 is 1.41 bits per heavy atom. The second kappa shape index (κ2) is 4.48. The molecule has 17 heavy (non-hydrogen) atoms. The number of hydrogen-bond acceptors (Lipinski definition) is 5. The van der Waals surface area contributed by atoms with E-state index in [2.05, 4.69) is 4.89 Å². The summed E-state index contributed by atoms with van der Waals surface area (Å²) < 4.78 is 5.19. The maximum atomic E-state index is 11.5. The molecule has 0 radical (unpaired) electrons. The molecule has 1 heterocycles. The maximum absolute atomic E-state index is 11.5. The number of benzene rings is 1. The molecule has 0 aliphatic carbocycles. The van der Waals surface area contributed by atoms with Gasteiger partial charge in [-0.25, -0.2) is 4.89 Å². The Morgan fingerprint density at radius 3 is 2.82 bits per heavy atom. The van der Waals surface area contributed by atoms with Crippen LogP contribution in [0.2, 0.25) is 0 Å². The van der Waals surface area contributed by atoms with Gasteiger partial charge in [0.2, 0.25) is 0 Å².